The fraction of sp³-hybridized carbons (Fsp3) is 0.875. The van der Waals surface area contributed by atoms with Crippen molar-refractivity contribution in [2.45, 2.75) is 65.1 Å². The van der Waals surface area contributed by atoms with Gasteiger partial charge in [0.05, 0.1) is 0 Å². The van der Waals surface area contributed by atoms with Crippen LogP contribution >= 0.6 is 0 Å². The molecule has 1 fully saturated rings. The number of carbonyl (C=O) groups is 2. The van der Waals surface area contributed by atoms with Gasteiger partial charge in [0.2, 0.25) is 11.8 Å². The Morgan fingerprint density at radius 1 is 1.24 bits per heavy atom. The molecule has 0 bridgehead atoms. The molecule has 4 atom stereocenters. The quantitative estimate of drug-likeness (QED) is 0.774. The molecule has 5 heteroatoms. The molecule has 0 aromatic rings. The third kappa shape index (κ3) is 4.19. The van der Waals surface area contributed by atoms with Crippen LogP contribution in [0.4, 0.5) is 0 Å². The second-order valence-electron chi connectivity index (χ2n) is 6.48. The predicted octanol–water partition coefficient (Wildman–Crippen LogP) is 1.48. The van der Waals surface area contributed by atoms with Crippen molar-refractivity contribution in [2.75, 3.05) is 20.6 Å². The second-order valence-corrected chi connectivity index (χ2v) is 6.48. The lowest BCUT2D eigenvalue weighted by Gasteiger charge is -2.43. The Bertz CT molecular complexity index is 371. The minimum absolute atomic E-state index is 0.000830. The lowest BCUT2D eigenvalue weighted by atomic mass is 9.92. The lowest BCUT2D eigenvalue weighted by molar-refractivity contribution is -0.153. The van der Waals surface area contributed by atoms with Crippen molar-refractivity contribution in [3.63, 3.8) is 0 Å². The summed E-state index contributed by atoms with van der Waals surface area (Å²) in [5, 5.41) is 2.93. The molecule has 1 N–H and O–H groups in total. The minimum Gasteiger partial charge on any atom is -0.342 e. The highest BCUT2D eigenvalue weighted by molar-refractivity contribution is 5.97. The van der Waals surface area contributed by atoms with Gasteiger partial charge in [-0.25, -0.2) is 0 Å². The van der Waals surface area contributed by atoms with Gasteiger partial charge < -0.3 is 15.1 Å². The van der Waals surface area contributed by atoms with Crippen LogP contribution in [-0.2, 0) is 9.59 Å². The van der Waals surface area contributed by atoms with Gasteiger partial charge in [-0.15, -0.1) is 0 Å². The van der Waals surface area contributed by atoms with Crippen molar-refractivity contribution in [1.82, 2.24) is 15.1 Å². The van der Waals surface area contributed by atoms with Crippen LogP contribution in [0.3, 0.4) is 0 Å². The molecule has 0 radical (unpaired) electrons. The van der Waals surface area contributed by atoms with Gasteiger partial charge in [0, 0.05) is 6.04 Å². The molecule has 2 amide bonds. The summed E-state index contributed by atoms with van der Waals surface area (Å²) in [6, 6.07) is -0.607. The molecule has 1 heterocycles. The maximum atomic E-state index is 12.8. The first-order valence-corrected chi connectivity index (χ1v) is 8.10. The summed E-state index contributed by atoms with van der Waals surface area (Å²) in [5.41, 5.74) is 0. The molecule has 1 rings (SSSR count). The molecule has 1 aliphatic heterocycles. The summed E-state index contributed by atoms with van der Waals surface area (Å²) < 4.78 is 0. The van der Waals surface area contributed by atoms with E-state index in [1.807, 2.05) is 32.8 Å². The highest BCUT2D eigenvalue weighted by Crippen LogP contribution is 2.22. The van der Waals surface area contributed by atoms with E-state index in [0.717, 1.165) is 19.4 Å². The Balaban J connectivity index is 2.92. The van der Waals surface area contributed by atoms with Crippen molar-refractivity contribution in [1.29, 1.82) is 0 Å². The normalized spacial score (nSPS) is 26.0. The van der Waals surface area contributed by atoms with Crippen molar-refractivity contribution in [3.05, 3.63) is 0 Å². The molecule has 1 aliphatic rings. The number of hydrogen-bond acceptors (Lipinski definition) is 3. The van der Waals surface area contributed by atoms with Gasteiger partial charge in [0.25, 0.3) is 0 Å². The third-order valence-electron chi connectivity index (χ3n) is 4.53. The van der Waals surface area contributed by atoms with Crippen LogP contribution in [0.25, 0.3) is 0 Å². The fourth-order valence-electron chi connectivity index (χ4n) is 2.86. The summed E-state index contributed by atoms with van der Waals surface area (Å²) in [7, 11) is 4.05. The van der Waals surface area contributed by atoms with Gasteiger partial charge in [0.15, 0.2) is 0 Å². The first-order valence-electron chi connectivity index (χ1n) is 8.10. The van der Waals surface area contributed by atoms with E-state index in [4.69, 9.17) is 0 Å². The molecule has 122 valence electrons. The van der Waals surface area contributed by atoms with Crippen LogP contribution in [0.5, 0.6) is 0 Å². The summed E-state index contributed by atoms with van der Waals surface area (Å²) >= 11 is 0. The van der Waals surface area contributed by atoms with Crippen LogP contribution < -0.4 is 5.32 Å². The number of nitrogens with zero attached hydrogens (tertiary/aromatic N) is 2. The van der Waals surface area contributed by atoms with Gasteiger partial charge >= 0.3 is 0 Å². The molecule has 4 unspecified atom stereocenters. The molecule has 0 saturated carbocycles. The number of amides is 2. The third-order valence-corrected chi connectivity index (χ3v) is 4.53. The van der Waals surface area contributed by atoms with E-state index in [-0.39, 0.29) is 35.9 Å². The molecule has 1 saturated heterocycles. The average molecular weight is 297 g/mol. The van der Waals surface area contributed by atoms with Crippen LogP contribution in [0.15, 0.2) is 0 Å². The zero-order valence-electron chi connectivity index (χ0n) is 14.3. The molecule has 21 heavy (non-hydrogen) atoms. The number of rotatable bonds is 7. The second kappa shape index (κ2) is 7.78. The minimum atomic E-state index is -0.368. The van der Waals surface area contributed by atoms with Crippen LogP contribution in [0.1, 0.15) is 47.0 Å². The number of nitrogens with one attached hydrogen (secondary N) is 1. The topological polar surface area (TPSA) is 52.7 Å². The van der Waals surface area contributed by atoms with E-state index >= 15 is 0 Å². The number of piperazine rings is 1. The zero-order chi connectivity index (χ0) is 16.2. The van der Waals surface area contributed by atoms with Crippen molar-refractivity contribution in [2.24, 2.45) is 5.92 Å². The maximum absolute atomic E-state index is 12.8. The van der Waals surface area contributed by atoms with Gasteiger partial charge in [0.1, 0.15) is 12.1 Å². The van der Waals surface area contributed by atoms with E-state index in [2.05, 4.69) is 24.1 Å². The van der Waals surface area contributed by atoms with Gasteiger partial charge in [-0.2, -0.15) is 0 Å². The molecule has 5 nitrogen and oxygen atoms in total. The maximum Gasteiger partial charge on any atom is 0.246 e. The number of carbonyl (C=O) groups excluding carboxylic acids is 2. The predicted molar refractivity (Wildman–Crippen MR) is 84.9 cm³/mol. The Morgan fingerprint density at radius 3 is 2.33 bits per heavy atom. The van der Waals surface area contributed by atoms with E-state index in [0.29, 0.717) is 6.42 Å². The largest absolute Gasteiger partial charge is 0.342 e. The van der Waals surface area contributed by atoms with Crippen LogP contribution in [0, 0.1) is 5.92 Å². The van der Waals surface area contributed by atoms with E-state index in [1.54, 1.807) is 0 Å². The SMILES string of the molecule is CCC(C)C1NC(=O)C(CC)N(C(C)CCN(C)C)C1=O. The smallest absolute Gasteiger partial charge is 0.246 e. The van der Waals surface area contributed by atoms with Gasteiger partial charge in [-0.05, 0) is 46.3 Å². The average Bonchev–Trinajstić information content (AvgIpc) is 2.45. The molecular formula is C16H31N3O2. The van der Waals surface area contributed by atoms with Gasteiger partial charge in [-0.3, -0.25) is 9.59 Å². The molecule has 0 aromatic carbocycles. The summed E-state index contributed by atoms with van der Waals surface area (Å²) in [4.78, 5) is 29.1. The van der Waals surface area contributed by atoms with E-state index in [1.165, 1.54) is 0 Å². The highest BCUT2D eigenvalue weighted by Gasteiger charge is 2.43. The Kier molecular flexibility index (Phi) is 6.65. The van der Waals surface area contributed by atoms with E-state index in [9.17, 15) is 9.59 Å². The molecule has 0 aromatic heterocycles. The lowest BCUT2D eigenvalue weighted by Crippen LogP contribution is -2.66. The van der Waals surface area contributed by atoms with Crippen molar-refractivity contribution in [3.8, 4) is 0 Å². The van der Waals surface area contributed by atoms with Crippen molar-refractivity contribution >= 4 is 11.8 Å². The van der Waals surface area contributed by atoms with E-state index < -0.39 is 0 Å². The van der Waals surface area contributed by atoms with Crippen molar-refractivity contribution < 1.29 is 9.59 Å². The first kappa shape index (κ1) is 18.0. The molecule has 0 aliphatic carbocycles. The summed E-state index contributed by atoms with van der Waals surface area (Å²) in [6.07, 6.45) is 2.43. The molecule has 0 spiro atoms. The summed E-state index contributed by atoms with van der Waals surface area (Å²) in [6.45, 7) is 9.01. The number of hydrogen-bond donors (Lipinski definition) is 1. The Morgan fingerprint density at radius 2 is 1.86 bits per heavy atom. The zero-order valence-corrected chi connectivity index (χ0v) is 14.3. The summed E-state index contributed by atoms with van der Waals surface area (Å²) in [5.74, 6) is 0.254. The Hall–Kier alpha value is -1.10. The van der Waals surface area contributed by atoms with Crippen LogP contribution in [0.2, 0.25) is 0 Å². The van der Waals surface area contributed by atoms with Crippen LogP contribution in [-0.4, -0.2) is 60.4 Å². The standard InChI is InChI=1S/C16H31N3O2/c1-7-11(3)14-16(21)19(12(4)9-10-18(5)6)13(8-2)15(20)17-14/h11-14H,7-10H2,1-6H3,(H,17,20). The Labute approximate surface area is 129 Å². The highest BCUT2D eigenvalue weighted by atomic mass is 16.2. The molecular weight excluding hydrogens is 266 g/mol. The monoisotopic (exact) mass is 297 g/mol. The fourth-order valence-corrected chi connectivity index (χ4v) is 2.86. The first-order chi connectivity index (χ1) is 9.83. The van der Waals surface area contributed by atoms with Gasteiger partial charge in [-0.1, -0.05) is 27.2 Å².